The van der Waals surface area contributed by atoms with Gasteiger partial charge in [-0.3, -0.25) is 24.1 Å². The number of esters is 1. The van der Waals surface area contributed by atoms with E-state index >= 15 is 0 Å². The normalized spacial score (nSPS) is 14.9. The lowest BCUT2D eigenvalue weighted by molar-refractivity contribution is -0.131. The Morgan fingerprint density at radius 1 is 1.17 bits per heavy atom. The smallest absolute Gasteiger partial charge is 0.308 e. The third-order valence-corrected chi connectivity index (χ3v) is 5.38. The molecule has 154 valence electrons. The first kappa shape index (κ1) is 21.6. The maximum absolute atomic E-state index is 12.6. The van der Waals surface area contributed by atoms with Gasteiger partial charge in [0.2, 0.25) is 5.91 Å². The van der Waals surface area contributed by atoms with E-state index in [1.807, 2.05) is 6.92 Å². The molecule has 0 atom stereocenters. The van der Waals surface area contributed by atoms with Crippen LogP contribution in [0, 0.1) is 6.92 Å². The lowest BCUT2D eigenvalue weighted by Crippen LogP contribution is -2.36. The van der Waals surface area contributed by atoms with E-state index in [0.717, 1.165) is 22.2 Å². The number of aryl methyl sites for hydroxylation is 1. The van der Waals surface area contributed by atoms with Gasteiger partial charge in [-0.25, -0.2) is 0 Å². The van der Waals surface area contributed by atoms with Gasteiger partial charge in [0.05, 0.1) is 4.91 Å². The van der Waals surface area contributed by atoms with Crippen LogP contribution in [-0.2, 0) is 14.4 Å². The summed E-state index contributed by atoms with van der Waals surface area (Å²) in [6, 6.07) is 11.5. The molecule has 0 radical (unpaired) electrons. The third kappa shape index (κ3) is 5.28. The van der Waals surface area contributed by atoms with Crippen LogP contribution in [0.4, 0.5) is 10.5 Å². The molecule has 1 fully saturated rings. The Morgan fingerprint density at radius 2 is 1.87 bits per heavy atom. The number of imide groups is 1. The topological polar surface area (TPSA) is 92.8 Å². The summed E-state index contributed by atoms with van der Waals surface area (Å²) >= 11 is 6.80. The molecule has 1 aliphatic rings. The number of benzene rings is 2. The highest BCUT2D eigenvalue weighted by Crippen LogP contribution is 2.32. The predicted molar refractivity (Wildman–Crippen MR) is 115 cm³/mol. The Morgan fingerprint density at radius 3 is 2.50 bits per heavy atom. The average Bonchev–Trinajstić information content (AvgIpc) is 2.93. The molecular formula is C21H17ClN2O5S. The molecule has 3 amide bonds. The summed E-state index contributed by atoms with van der Waals surface area (Å²) < 4.78 is 4.95. The molecule has 0 aliphatic carbocycles. The van der Waals surface area contributed by atoms with E-state index in [1.54, 1.807) is 48.5 Å². The number of thioether (sulfide) groups is 1. The summed E-state index contributed by atoms with van der Waals surface area (Å²) in [6.07, 6.45) is 1.54. The van der Waals surface area contributed by atoms with Crippen molar-refractivity contribution < 1.29 is 23.9 Å². The minimum Gasteiger partial charge on any atom is -0.427 e. The molecule has 1 saturated heterocycles. The fourth-order valence-corrected chi connectivity index (χ4v) is 3.62. The van der Waals surface area contributed by atoms with Crippen molar-refractivity contribution in [2.45, 2.75) is 13.8 Å². The standard InChI is InChI=1S/C21H17ClN2O5S/c1-12-3-6-15(10-17(12)22)23-19(26)11-24-20(27)18(30-21(24)28)9-14-4-7-16(8-5-14)29-13(2)25/h3-10H,11H2,1-2H3,(H,23,26)/b18-9+. The van der Waals surface area contributed by atoms with Gasteiger partial charge in [-0.2, -0.15) is 0 Å². The minimum atomic E-state index is -0.550. The molecule has 0 aromatic heterocycles. The molecule has 0 saturated carbocycles. The SMILES string of the molecule is CC(=O)Oc1ccc(/C=C2/SC(=O)N(CC(=O)Nc3ccc(C)c(Cl)c3)C2=O)cc1. The number of nitrogens with one attached hydrogen (secondary N) is 1. The third-order valence-electron chi connectivity index (χ3n) is 4.07. The van der Waals surface area contributed by atoms with Crippen LogP contribution in [0.5, 0.6) is 5.75 Å². The minimum absolute atomic E-state index is 0.200. The van der Waals surface area contributed by atoms with Crippen LogP contribution >= 0.6 is 23.4 Å². The first-order chi connectivity index (χ1) is 14.2. The molecular weight excluding hydrogens is 428 g/mol. The van der Waals surface area contributed by atoms with Crippen molar-refractivity contribution in [3.63, 3.8) is 0 Å². The quantitative estimate of drug-likeness (QED) is 0.421. The van der Waals surface area contributed by atoms with Crippen LogP contribution in [0.3, 0.4) is 0 Å². The Hall–Kier alpha value is -3.10. The number of nitrogens with zero attached hydrogens (tertiary/aromatic N) is 1. The Balaban J connectivity index is 1.66. The highest BCUT2D eigenvalue weighted by atomic mass is 35.5. The van der Waals surface area contributed by atoms with Gasteiger partial charge < -0.3 is 10.1 Å². The maximum atomic E-state index is 12.6. The second-order valence-electron chi connectivity index (χ2n) is 6.44. The van der Waals surface area contributed by atoms with Crippen LogP contribution < -0.4 is 10.1 Å². The molecule has 1 aliphatic heterocycles. The van der Waals surface area contributed by atoms with E-state index in [9.17, 15) is 19.2 Å². The molecule has 1 heterocycles. The summed E-state index contributed by atoms with van der Waals surface area (Å²) in [6.45, 7) is 2.73. The number of amides is 3. The first-order valence-electron chi connectivity index (χ1n) is 8.83. The second kappa shape index (κ2) is 9.15. The Bertz CT molecular complexity index is 1070. The number of anilines is 1. The lowest BCUT2D eigenvalue weighted by atomic mass is 10.2. The Labute approximate surface area is 182 Å². The van der Waals surface area contributed by atoms with Gasteiger partial charge in [0.15, 0.2) is 0 Å². The van der Waals surface area contributed by atoms with Crippen molar-refractivity contribution in [1.82, 2.24) is 4.90 Å². The number of ether oxygens (including phenoxy) is 1. The molecule has 1 N–H and O–H groups in total. The Kier molecular flexibility index (Phi) is 6.59. The van der Waals surface area contributed by atoms with Crippen LogP contribution in [0.25, 0.3) is 6.08 Å². The maximum Gasteiger partial charge on any atom is 0.308 e. The van der Waals surface area contributed by atoms with Crippen LogP contribution in [0.15, 0.2) is 47.4 Å². The molecule has 9 heteroatoms. The van der Waals surface area contributed by atoms with Gasteiger partial charge in [-0.05, 0) is 60.2 Å². The number of carbonyl (C=O) groups is 4. The highest BCUT2D eigenvalue weighted by Gasteiger charge is 2.36. The summed E-state index contributed by atoms with van der Waals surface area (Å²) in [7, 11) is 0. The van der Waals surface area contributed by atoms with Crippen LogP contribution in [0.1, 0.15) is 18.1 Å². The zero-order valence-corrected chi connectivity index (χ0v) is 17.7. The van der Waals surface area contributed by atoms with E-state index < -0.39 is 29.6 Å². The van der Waals surface area contributed by atoms with Crippen molar-refractivity contribution in [1.29, 1.82) is 0 Å². The number of halogens is 1. The number of hydrogen-bond acceptors (Lipinski definition) is 6. The van der Waals surface area contributed by atoms with Gasteiger partial charge in [0.1, 0.15) is 12.3 Å². The largest absolute Gasteiger partial charge is 0.427 e. The predicted octanol–water partition coefficient (Wildman–Crippen LogP) is 4.25. The number of carbonyl (C=O) groups excluding carboxylic acids is 4. The van der Waals surface area contributed by atoms with Gasteiger partial charge in [0, 0.05) is 17.6 Å². The summed E-state index contributed by atoms with van der Waals surface area (Å²) in [5.74, 6) is -1.12. The molecule has 2 aromatic rings. The molecule has 30 heavy (non-hydrogen) atoms. The van der Waals surface area contributed by atoms with E-state index in [2.05, 4.69) is 5.32 Å². The van der Waals surface area contributed by atoms with Crippen molar-refractivity contribution in [3.05, 3.63) is 63.5 Å². The fraction of sp³-hybridized carbons (Fsp3) is 0.143. The van der Waals surface area contributed by atoms with E-state index in [1.165, 1.54) is 6.92 Å². The molecule has 0 spiro atoms. The van der Waals surface area contributed by atoms with Crippen LogP contribution in [0.2, 0.25) is 5.02 Å². The number of rotatable bonds is 5. The average molecular weight is 445 g/mol. The second-order valence-corrected chi connectivity index (χ2v) is 7.84. The first-order valence-corrected chi connectivity index (χ1v) is 10.0. The van der Waals surface area contributed by atoms with E-state index in [-0.39, 0.29) is 4.91 Å². The summed E-state index contributed by atoms with van der Waals surface area (Å²) in [5.41, 5.74) is 1.99. The van der Waals surface area contributed by atoms with E-state index in [4.69, 9.17) is 16.3 Å². The van der Waals surface area contributed by atoms with Gasteiger partial charge in [-0.15, -0.1) is 0 Å². The van der Waals surface area contributed by atoms with Crippen molar-refractivity contribution in [2.24, 2.45) is 0 Å². The van der Waals surface area contributed by atoms with Crippen LogP contribution in [-0.4, -0.2) is 34.5 Å². The summed E-state index contributed by atoms with van der Waals surface area (Å²) in [4.78, 5) is 49.1. The lowest BCUT2D eigenvalue weighted by Gasteiger charge is -2.13. The highest BCUT2D eigenvalue weighted by molar-refractivity contribution is 8.18. The molecule has 2 aromatic carbocycles. The number of hydrogen-bond donors (Lipinski definition) is 1. The van der Waals surface area contributed by atoms with Gasteiger partial charge in [-0.1, -0.05) is 29.8 Å². The molecule has 0 unspecified atom stereocenters. The zero-order chi connectivity index (χ0) is 21.8. The molecule has 7 nitrogen and oxygen atoms in total. The van der Waals surface area contributed by atoms with Crippen molar-refractivity contribution in [2.75, 3.05) is 11.9 Å². The summed E-state index contributed by atoms with van der Waals surface area (Å²) in [5, 5.41) is 2.60. The van der Waals surface area contributed by atoms with Gasteiger partial charge in [0.25, 0.3) is 11.1 Å². The van der Waals surface area contributed by atoms with Gasteiger partial charge >= 0.3 is 5.97 Å². The molecule has 3 rings (SSSR count). The molecule has 0 bridgehead atoms. The zero-order valence-electron chi connectivity index (χ0n) is 16.1. The van der Waals surface area contributed by atoms with Crippen molar-refractivity contribution in [3.8, 4) is 5.75 Å². The van der Waals surface area contributed by atoms with Crippen molar-refractivity contribution >= 4 is 58.1 Å². The fourth-order valence-electron chi connectivity index (χ4n) is 2.60. The monoisotopic (exact) mass is 444 g/mol. The van der Waals surface area contributed by atoms with E-state index in [0.29, 0.717) is 22.0 Å².